The number of hydrogen-bond acceptors (Lipinski definition) is 3. The maximum atomic E-state index is 11.0. The Morgan fingerprint density at radius 2 is 1.85 bits per heavy atom. The summed E-state index contributed by atoms with van der Waals surface area (Å²) in [7, 11) is 0. The molecule has 4 nitrogen and oxygen atoms in total. The van der Waals surface area contributed by atoms with Crippen LogP contribution in [0.4, 0.5) is 5.69 Å². The molecule has 0 aliphatic rings. The second-order valence-corrected chi connectivity index (χ2v) is 4.87. The van der Waals surface area contributed by atoms with Crippen LogP contribution in [0.2, 0.25) is 0 Å². The standard InChI is InChI=1S/C16H18N2O2/c1-10-3-8-15(19)14(9-10)11(2)18-13-6-4-12(5-7-13)16(17)20/h3-9,11,18-19H,1-2H3,(H2,17,20). The molecule has 0 heterocycles. The third kappa shape index (κ3) is 3.09. The number of carbonyl (C=O) groups is 1. The summed E-state index contributed by atoms with van der Waals surface area (Å²) in [6.07, 6.45) is 0. The molecular formula is C16H18N2O2. The number of amides is 1. The van der Waals surface area contributed by atoms with Gasteiger partial charge < -0.3 is 16.2 Å². The van der Waals surface area contributed by atoms with Gasteiger partial charge in [0.05, 0.1) is 6.04 Å². The van der Waals surface area contributed by atoms with Gasteiger partial charge in [0.2, 0.25) is 5.91 Å². The summed E-state index contributed by atoms with van der Waals surface area (Å²) in [6.45, 7) is 3.95. The average Bonchev–Trinajstić information content (AvgIpc) is 2.42. The fraction of sp³-hybridized carbons (Fsp3) is 0.188. The molecule has 0 aromatic heterocycles. The van der Waals surface area contributed by atoms with Crippen molar-refractivity contribution in [1.82, 2.24) is 0 Å². The van der Waals surface area contributed by atoms with Crippen molar-refractivity contribution in [2.24, 2.45) is 5.73 Å². The number of hydrogen-bond donors (Lipinski definition) is 3. The van der Waals surface area contributed by atoms with Gasteiger partial charge in [-0.05, 0) is 44.2 Å². The van der Waals surface area contributed by atoms with Gasteiger partial charge in [-0.1, -0.05) is 17.7 Å². The van der Waals surface area contributed by atoms with E-state index < -0.39 is 5.91 Å². The molecule has 2 aromatic rings. The maximum Gasteiger partial charge on any atom is 0.248 e. The van der Waals surface area contributed by atoms with Crippen molar-refractivity contribution < 1.29 is 9.90 Å². The number of aromatic hydroxyl groups is 1. The number of anilines is 1. The number of aryl methyl sites for hydroxylation is 1. The molecule has 0 radical (unpaired) electrons. The van der Waals surface area contributed by atoms with E-state index in [1.165, 1.54) is 0 Å². The topological polar surface area (TPSA) is 75.3 Å². The molecule has 1 unspecified atom stereocenters. The van der Waals surface area contributed by atoms with Gasteiger partial charge in [0.15, 0.2) is 0 Å². The first-order chi connectivity index (χ1) is 9.47. The Morgan fingerprint density at radius 1 is 1.20 bits per heavy atom. The number of nitrogens with two attached hydrogens (primary N) is 1. The minimum absolute atomic E-state index is 0.0469. The molecule has 0 saturated carbocycles. The summed E-state index contributed by atoms with van der Waals surface area (Å²) in [5.74, 6) is -0.176. The van der Waals surface area contributed by atoms with Crippen molar-refractivity contribution in [3.8, 4) is 5.75 Å². The Morgan fingerprint density at radius 3 is 2.45 bits per heavy atom. The van der Waals surface area contributed by atoms with Gasteiger partial charge in [0, 0.05) is 16.8 Å². The highest BCUT2D eigenvalue weighted by atomic mass is 16.3. The van der Waals surface area contributed by atoms with E-state index >= 15 is 0 Å². The van der Waals surface area contributed by atoms with Gasteiger partial charge in [-0.15, -0.1) is 0 Å². The number of rotatable bonds is 4. The molecule has 0 fully saturated rings. The minimum Gasteiger partial charge on any atom is -0.508 e. The molecule has 0 aliphatic heterocycles. The van der Waals surface area contributed by atoms with Crippen LogP contribution >= 0.6 is 0 Å². The zero-order chi connectivity index (χ0) is 14.7. The van der Waals surface area contributed by atoms with Gasteiger partial charge in [-0.2, -0.15) is 0 Å². The summed E-state index contributed by atoms with van der Waals surface area (Å²) in [4.78, 5) is 11.0. The first-order valence-corrected chi connectivity index (χ1v) is 6.43. The van der Waals surface area contributed by atoms with E-state index in [4.69, 9.17) is 5.73 Å². The molecule has 0 spiro atoms. The Balaban J connectivity index is 2.16. The monoisotopic (exact) mass is 270 g/mol. The van der Waals surface area contributed by atoms with Crippen LogP contribution in [-0.2, 0) is 0 Å². The SMILES string of the molecule is Cc1ccc(O)c(C(C)Nc2ccc(C(N)=O)cc2)c1. The lowest BCUT2D eigenvalue weighted by molar-refractivity contribution is 0.100. The molecule has 0 aliphatic carbocycles. The summed E-state index contributed by atoms with van der Waals surface area (Å²) in [6, 6.07) is 12.4. The number of carbonyl (C=O) groups excluding carboxylic acids is 1. The van der Waals surface area contributed by atoms with Crippen molar-refractivity contribution in [3.05, 3.63) is 59.2 Å². The van der Waals surface area contributed by atoms with Crippen LogP contribution in [0.5, 0.6) is 5.75 Å². The van der Waals surface area contributed by atoms with Crippen molar-refractivity contribution >= 4 is 11.6 Å². The summed E-state index contributed by atoms with van der Waals surface area (Å²) < 4.78 is 0. The normalized spacial score (nSPS) is 11.9. The minimum atomic E-state index is -0.444. The van der Waals surface area contributed by atoms with Crippen LogP contribution in [0.15, 0.2) is 42.5 Å². The van der Waals surface area contributed by atoms with Crippen LogP contribution in [-0.4, -0.2) is 11.0 Å². The molecule has 2 rings (SSSR count). The van der Waals surface area contributed by atoms with Crippen molar-refractivity contribution in [2.45, 2.75) is 19.9 Å². The zero-order valence-electron chi connectivity index (χ0n) is 11.6. The molecule has 0 saturated heterocycles. The highest BCUT2D eigenvalue weighted by Gasteiger charge is 2.10. The van der Waals surface area contributed by atoms with E-state index in [1.54, 1.807) is 30.3 Å². The van der Waals surface area contributed by atoms with Crippen LogP contribution in [0.3, 0.4) is 0 Å². The summed E-state index contributed by atoms with van der Waals surface area (Å²) in [5.41, 5.74) is 8.47. The second-order valence-electron chi connectivity index (χ2n) is 4.87. The van der Waals surface area contributed by atoms with Crippen LogP contribution in [0.25, 0.3) is 0 Å². The molecule has 0 bridgehead atoms. The predicted molar refractivity (Wildman–Crippen MR) is 79.8 cm³/mol. The Kier molecular flexibility index (Phi) is 3.94. The molecular weight excluding hydrogens is 252 g/mol. The lowest BCUT2D eigenvalue weighted by Crippen LogP contribution is -2.11. The number of nitrogens with one attached hydrogen (secondary N) is 1. The zero-order valence-corrected chi connectivity index (χ0v) is 11.6. The van der Waals surface area contributed by atoms with Gasteiger partial charge in [-0.3, -0.25) is 4.79 Å². The molecule has 2 aromatic carbocycles. The fourth-order valence-corrected chi connectivity index (χ4v) is 2.08. The molecule has 104 valence electrons. The largest absolute Gasteiger partial charge is 0.508 e. The Hall–Kier alpha value is -2.49. The quantitative estimate of drug-likeness (QED) is 0.799. The second kappa shape index (κ2) is 5.65. The fourth-order valence-electron chi connectivity index (χ4n) is 2.08. The summed E-state index contributed by atoms with van der Waals surface area (Å²) in [5, 5.41) is 13.2. The summed E-state index contributed by atoms with van der Waals surface area (Å²) >= 11 is 0. The lowest BCUT2D eigenvalue weighted by atomic mass is 10.0. The van der Waals surface area contributed by atoms with E-state index in [-0.39, 0.29) is 11.8 Å². The van der Waals surface area contributed by atoms with Crippen LogP contribution < -0.4 is 11.1 Å². The van der Waals surface area contributed by atoms with Gasteiger partial charge in [0.1, 0.15) is 5.75 Å². The number of benzene rings is 2. The number of primary amides is 1. The Bertz CT molecular complexity index is 621. The molecule has 20 heavy (non-hydrogen) atoms. The van der Waals surface area contributed by atoms with Crippen LogP contribution in [0.1, 0.15) is 34.5 Å². The van der Waals surface area contributed by atoms with E-state index in [0.717, 1.165) is 16.8 Å². The lowest BCUT2D eigenvalue weighted by Gasteiger charge is -2.17. The van der Waals surface area contributed by atoms with Crippen molar-refractivity contribution in [2.75, 3.05) is 5.32 Å². The predicted octanol–water partition coefficient (Wildman–Crippen LogP) is 2.97. The van der Waals surface area contributed by atoms with Gasteiger partial charge in [0.25, 0.3) is 0 Å². The van der Waals surface area contributed by atoms with Gasteiger partial charge >= 0.3 is 0 Å². The van der Waals surface area contributed by atoms with Crippen molar-refractivity contribution in [1.29, 1.82) is 0 Å². The smallest absolute Gasteiger partial charge is 0.248 e. The third-order valence-corrected chi connectivity index (χ3v) is 3.20. The average molecular weight is 270 g/mol. The van der Waals surface area contributed by atoms with Crippen LogP contribution in [0, 0.1) is 6.92 Å². The Labute approximate surface area is 118 Å². The highest BCUT2D eigenvalue weighted by molar-refractivity contribution is 5.93. The van der Waals surface area contributed by atoms with Crippen molar-refractivity contribution in [3.63, 3.8) is 0 Å². The number of phenolic OH excluding ortho intramolecular Hbond substituents is 1. The maximum absolute atomic E-state index is 11.0. The van der Waals surface area contributed by atoms with E-state index in [1.807, 2.05) is 26.0 Å². The molecule has 1 amide bonds. The molecule has 1 atom stereocenters. The number of phenols is 1. The third-order valence-electron chi connectivity index (χ3n) is 3.20. The van der Waals surface area contributed by atoms with E-state index in [0.29, 0.717) is 5.56 Å². The van der Waals surface area contributed by atoms with Gasteiger partial charge in [-0.25, -0.2) is 0 Å². The first kappa shape index (κ1) is 13.9. The highest BCUT2D eigenvalue weighted by Crippen LogP contribution is 2.27. The van der Waals surface area contributed by atoms with E-state index in [9.17, 15) is 9.90 Å². The first-order valence-electron chi connectivity index (χ1n) is 6.43. The van der Waals surface area contributed by atoms with E-state index in [2.05, 4.69) is 5.32 Å². The molecule has 4 heteroatoms. The molecule has 4 N–H and O–H groups in total.